The molecule has 1 aromatic carbocycles. The van der Waals surface area contributed by atoms with E-state index >= 15 is 0 Å². The van der Waals surface area contributed by atoms with E-state index in [-0.39, 0.29) is 6.03 Å². The van der Waals surface area contributed by atoms with E-state index in [0.717, 1.165) is 37.4 Å². The van der Waals surface area contributed by atoms with Crippen molar-refractivity contribution in [2.24, 2.45) is 5.92 Å². The average molecular weight is 262 g/mol. The lowest BCUT2D eigenvalue weighted by Gasteiger charge is -2.24. The van der Waals surface area contributed by atoms with E-state index in [1.165, 1.54) is 0 Å². The zero-order valence-electron chi connectivity index (χ0n) is 11.7. The van der Waals surface area contributed by atoms with Crippen molar-refractivity contribution in [3.63, 3.8) is 0 Å². The summed E-state index contributed by atoms with van der Waals surface area (Å²) in [5.41, 5.74) is 2.00. The Morgan fingerprint density at radius 1 is 1.53 bits per heavy atom. The molecule has 4 nitrogen and oxygen atoms in total. The molecule has 0 saturated carbocycles. The van der Waals surface area contributed by atoms with E-state index < -0.39 is 0 Å². The van der Waals surface area contributed by atoms with Gasteiger partial charge in [-0.2, -0.15) is 0 Å². The van der Waals surface area contributed by atoms with Gasteiger partial charge in [0.1, 0.15) is 0 Å². The van der Waals surface area contributed by atoms with Crippen molar-refractivity contribution in [2.45, 2.75) is 20.3 Å². The van der Waals surface area contributed by atoms with Crippen LogP contribution in [-0.4, -0.2) is 37.2 Å². The summed E-state index contributed by atoms with van der Waals surface area (Å²) in [6.07, 6.45) is 1.05. The van der Waals surface area contributed by atoms with Crippen molar-refractivity contribution in [3.05, 3.63) is 29.8 Å². The maximum atomic E-state index is 12.2. The molecule has 19 heavy (non-hydrogen) atoms. The zero-order chi connectivity index (χ0) is 13.7. The molecule has 0 radical (unpaired) electrons. The molecule has 1 aliphatic heterocycles. The standard InChI is InChI=1S/C15H22N2O2/c1-3-17(10-13-7-8-19-11-13)15(18)16-14-6-4-5-12(2)9-14/h4-6,9,13H,3,7-8,10-11H2,1-2H3,(H,16,18)/t13-/m0/s1. The number of amides is 2. The number of urea groups is 1. The predicted molar refractivity (Wildman–Crippen MR) is 76.4 cm³/mol. The van der Waals surface area contributed by atoms with E-state index in [0.29, 0.717) is 12.5 Å². The number of aryl methyl sites for hydroxylation is 1. The molecule has 2 rings (SSSR count). The minimum Gasteiger partial charge on any atom is -0.381 e. The molecule has 1 heterocycles. The number of rotatable bonds is 4. The highest BCUT2D eigenvalue weighted by molar-refractivity contribution is 5.89. The number of nitrogens with zero attached hydrogens (tertiary/aromatic N) is 1. The van der Waals surface area contributed by atoms with Crippen LogP contribution < -0.4 is 5.32 Å². The predicted octanol–water partition coefficient (Wildman–Crippen LogP) is 2.89. The number of nitrogens with one attached hydrogen (secondary N) is 1. The van der Waals surface area contributed by atoms with Gasteiger partial charge < -0.3 is 15.0 Å². The Morgan fingerprint density at radius 3 is 3.00 bits per heavy atom. The second kappa shape index (κ2) is 6.57. The van der Waals surface area contributed by atoms with Crippen LogP contribution in [-0.2, 0) is 4.74 Å². The van der Waals surface area contributed by atoms with Crippen LogP contribution >= 0.6 is 0 Å². The molecule has 1 fully saturated rings. The SMILES string of the molecule is CCN(C[C@@H]1CCOC1)C(=O)Nc1cccc(C)c1. The molecular weight excluding hydrogens is 240 g/mol. The third kappa shape index (κ3) is 3.96. The molecule has 1 N–H and O–H groups in total. The summed E-state index contributed by atoms with van der Waals surface area (Å²) in [4.78, 5) is 14.1. The van der Waals surface area contributed by atoms with Gasteiger partial charge in [-0.05, 0) is 38.0 Å². The fourth-order valence-electron chi connectivity index (χ4n) is 2.32. The molecule has 4 heteroatoms. The van der Waals surface area contributed by atoms with Crippen LogP contribution in [0.4, 0.5) is 10.5 Å². The first-order valence-electron chi connectivity index (χ1n) is 6.89. The number of anilines is 1. The maximum Gasteiger partial charge on any atom is 0.321 e. The highest BCUT2D eigenvalue weighted by Crippen LogP contribution is 2.15. The molecule has 1 aromatic rings. The van der Waals surface area contributed by atoms with Crippen molar-refractivity contribution >= 4 is 11.7 Å². The Bertz CT molecular complexity index is 428. The lowest BCUT2D eigenvalue weighted by molar-refractivity contribution is 0.171. The minimum atomic E-state index is -0.0278. The molecule has 104 valence electrons. The highest BCUT2D eigenvalue weighted by atomic mass is 16.5. The topological polar surface area (TPSA) is 41.6 Å². The van der Waals surface area contributed by atoms with Gasteiger partial charge in [-0.3, -0.25) is 0 Å². The van der Waals surface area contributed by atoms with Crippen LogP contribution in [0.2, 0.25) is 0 Å². The molecule has 0 aromatic heterocycles. The monoisotopic (exact) mass is 262 g/mol. The summed E-state index contributed by atoms with van der Waals surface area (Å²) in [6, 6.07) is 7.83. The van der Waals surface area contributed by atoms with Crippen molar-refractivity contribution in [1.29, 1.82) is 0 Å². The third-order valence-electron chi connectivity index (χ3n) is 3.44. The van der Waals surface area contributed by atoms with E-state index in [1.54, 1.807) is 0 Å². The molecule has 1 saturated heterocycles. The van der Waals surface area contributed by atoms with Crippen LogP contribution in [0.25, 0.3) is 0 Å². The third-order valence-corrected chi connectivity index (χ3v) is 3.44. The molecule has 1 aliphatic rings. The van der Waals surface area contributed by atoms with Gasteiger partial charge in [0.15, 0.2) is 0 Å². The zero-order valence-corrected chi connectivity index (χ0v) is 11.7. The lowest BCUT2D eigenvalue weighted by atomic mass is 10.1. The second-order valence-corrected chi connectivity index (χ2v) is 5.07. The maximum absolute atomic E-state index is 12.2. The van der Waals surface area contributed by atoms with Gasteiger partial charge in [0.25, 0.3) is 0 Å². The summed E-state index contributed by atoms with van der Waals surface area (Å²) in [5.74, 6) is 0.475. The smallest absolute Gasteiger partial charge is 0.321 e. The Kier molecular flexibility index (Phi) is 4.80. The minimum absolute atomic E-state index is 0.0278. The van der Waals surface area contributed by atoms with Crippen LogP contribution in [0.3, 0.4) is 0 Å². The van der Waals surface area contributed by atoms with Crippen LogP contribution in [0.15, 0.2) is 24.3 Å². The molecule has 1 atom stereocenters. The van der Waals surface area contributed by atoms with E-state index in [4.69, 9.17) is 4.74 Å². The van der Waals surface area contributed by atoms with Crippen LogP contribution in [0.1, 0.15) is 18.9 Å². The first-order valence-corrected chi connectivity index (χ1v) is 6.89. The van der Waals surface area contributed by atoms with Crippen LogP contribution in [0, 0.1) is 12.8 Å². The van der Waals surface area contributed by atoms with Crippen molar-refractivity contribution in [1.82, 2.24) is 4.90 Å². The Labute approximate surface area is 114 Å². The van der Waals surface area contributed by atoms with Gasteiger partial charge in [-0.15, -0.1) is 0 Å². The summed E-state index contributed by atoms with van der Waals surface area (Å²) < 4.78 is 5.36. The molecule has 0 spiro atoms. The second-order valence-electron chi connectivity index (χ2n) is 5.07. The molecular formula is C15H22N2O2. The normalized spacial score (nSPS) is 18.3. The van der Waals surface area contributed by atoms with Gasteiger partial charge in [-0.25, -0.2) is 4.79 Å². The van der Waals surface area contributed by atoms with Gasteiger partial charge >= 0.3 is 6.03 Å². The molecule has 0 bridgehead atoms. The number of hydrogen-bond donors (Lipinski definition) is 1. The van der Waals surface area contributed by atoms with E-state index in [1.807, 2.05) is 43.0 Å². The first-order chi connectivity index (χ1) is 9.19. The Morgan fingerprint density at radius 2 is 2.37 bits per heavy atom. The first kappa shape index (κ1) is 13.9. The van der Waals surface area contributed by atoms with E-state index in [9.17, 15) is 4.79 Å². The van der Waals surface area contributed by atoms with Crippen LogP contribution in [0.5, 0.6) is 0 Å². The summed E-state index contributed by atoms with van der Waals surface area (Å²) in [5, 5.41) is 2.95. The van der Waals surface area contributed by atoms with Gasteiger partial charge in [-0.1, -0.05) is 12.1 Å². The summed E-state index contributed by atoms with van der Waals surface area (Å²) >= 11 is 0. The number of hydrogen-bond acceptors (Lipinski definition) is 2. The fraction of sp³-hybridized carbons (Fsp3) is 0.533. The largest absolute Gasteiger partial charge is 0.381 e. The molecule has 0 unspecified atom stereocenters. The molecule has 2 amide bonds. The highest BCUT2D eigenvalue weighted by Gasteiger charge is 2.21. The van der Waals surface area contributed by atoms with Crippen molar-refractivity contribution in [2.75, 3.05) is 31.6 Å². The number of carbonyl (C=O) groups is 1. The van der Waals surface area contributed by atoms with Crippen molar-refractivity contribution in [3.8, 4) is 0 Å². The van der Waals surface area contributed by atoms with E-state index in [2.05, 4.69) is 5.32 Å². The molecule has 0 aliphatic carbocycles. The van der Waals surface area contributed by atoms with Gasteiger partial charge in [0.2, 0.25) is 0 Å². The Balaban J connectivity index is 1.92. The summed E-state index contributed by atoms with van der Waals surface area (Å²) in [6.45, 7) is 7.10. The lowest BCUT2D eigenvalue weighted by Crippen LogP contribution is -2.38. The Hall–Kier alpha value is -1.55. The number of carbonyl (C=O) groups excluding carboxylic acids is 1. The number of ether oxygens (including phenoxy) is 1. The summed E-state index contributed by atoms with van der Waals surface area (Å²) in [7, 11) is 0. The average Bonchev–Trinajstić information content (AvgIpc) is 2.88. The quantitative estimate of drug-likeness (QED) is 0.906. The fourth-order valence-corrected chi connectivity index (χ4v) is 2.32. The van der Waals surface area contributed by atoms with Gasteiger partial charge in [0.05, 0.1) is 6.61 Å². The number of benzene rings is 1. The van der Waals surface area contributed by atoms with Gasteiger partial charge in [0, 0.05) is 31.3 Å². The van der Waals surface area contributed by atoms with Crippen molar-refractivity contribution < 1.29 is 9.53 Å².